The molecule has 0 aliphatic heterocycles. The number of rotatable bonds is 3. The van der Waals surface area contributed by atoms with Crippen molar-refractivity contribution in [1.29, 1.82) is 0 Å². The van der Waals surface area contributed by atoms with E-state index in [2.05, 4.69) is 22.3 Å². The maximum Gasteiger partial charge on any atom is 0.274 e. The minimum absolute atomic E-state index is 0.0578. The molecule has 136 valence electrons. The molecule has 4 aromatic rings. The third-order valence-electron chi connectivity index (χ3n) is 4.58. The van der Waals surface area contributed by atoms with Crippen molar-refractivity contribution in [2.24, 2.45) is 24.3 Å². The van der Waals surface area contributed by atoms with Gasteiger partial charge in [-0.2, -0.15) is 5.10 Å². The molecule has 0 bridgehead atoms. The van der Waals surface area contributed by atoms with Crippen molar-refractivity contribution in [1.82, 2.24) is 13.9 Å². The van der Waals surface area contributed by atoms with Gasteiger partial charge in [-0.15, -0.1) is 5.10 Å². The van der Waals surface area contributed by atoms with Gasteiger partial charge in [0.1, 0.15) is 0 Å². The van der Waals surface area contributed by atoms with Crippen LogP contribution < -0.4 is 10.4 Å². The smallest absolute Gasteiger partial charge is 0.274 e. The number of benzene rings is 2. The van der Waals surface area contributed by atoms with Crippen LogP contribution in [0.1, 0.15) is 11.3 Å². The Morgan fingerprint density at radius 3 is 2.44 bits per heavy atom. The molecule has 0 aliphatic carbocycles. The molecule has 0 radical (unpaired) electrons. The summed E-state index contributed by atoms with van der Waals surface area (Å²) >= 11 is 1.58. The molecule has 2 aromatic heterocycles. The van der Waals surface area contributed by atoms with Gasteiger partial charge in [0.15, 0.2) is 0 Å². The number of hydrogen-bond donors (Lipinski definition) is 0. The molecule has 0 aliphatic rings. The summed E-state index contributed by atoms with van der Waals surface area (Å²) in [6, 6.07) is 17.7. The van der Waals surface area contributed by atoms with Crippen LogP contribution in [0.25, 0.3) is 15.9 Å². The summed E-state index contributed by atoms with van der Waals surface area (Å²) in [6.07, 6.45) is 1.64. The lowest BCUT2D eigenvalue weighted by molar-refractivity contribution is 0.643. The molecule has 7 heteroatoms. The van der Waals surface area contributed by atoms with Crippen LogP contribution >= 0.6 is 11.3 Å². The van der Waals surface area contributed by atoms with Crippen molar-refractivity contribution in [3.63, 3.8) is 0 Å². The normalized spacial score (nSPS) is 12.5. The van der Waals surface area contributed by atoms with Crippen LogP contribution in [0.15, 0.2) is 69.6 Å². The fourth-order valence-corrected chi connectivity index (χ4v) is 4.08. The van der Waals surface area contributed by atoms with Gasteiger partial charge in [-0.1, -0.05) is 41.7 Å². The predicted molar refractivity (Wildman–Crippen MR) is 110 cm³/mol. The second kappa shape index (κ2) is 6.85. The van der Waals surface area contributed by atoms with Gasteiger partial charge in [-0.3, -0.25) is 9.48 Å². The largest absolute Gasteiger partial charge is 0.318 e. The SMILES string of the molecule is Cc1c(/C=N/N=c2\sc3ccccc3n2C)n(C)n(-c2ccccc2)c1=O. The Kier molecular flexibility index (Phi) is 4.37. The zero-order valence-electron chi connectivity index (χ0n) is 15.3. The van der Waals surface area contributed by atoms with Gasteiger partial charge in [0, 0.05) is 19.7 Å². The molecular formula is C20H19N5OS. The second-order valence-electron chi connectivity index (χ2n) is 6.24. The highest BCUT2D eigenvalue weighted by atomic mass is 32.1. The van der Waals surface area contributed by atoms with Crippen LogP contribution in [-0.2, 0) is 14.1 Å². The average Bonchev–Trinajstić information content (AvgIpc) is 3.11. The Hall–Kier alpha value is -3.19. The van der Waals surface area contributed by atoms with Crippen molar-refractivity contribution >= 4 is 27.8 Å². The third-order valence-corrected chi connectivity index (χ3v) is 5.69. The standard InChI is InChI=1S/C20H19N5OS/c1-14-17(24(3)25(19(14)26)15-9-5-4-6-10-15)13-21-22-20-23(2)16-11-7-8-12-18(16)27-20/h4-13H,1-3H3/b21-13+,22-20-. The van der Waals surface area contributed by atoms with Gasteiger partial charge in [0.25, 0.3) is 5.56 Å². The Morgan fingerprint density at radius 2 is 1.70 bits per heavy atom. The third kappa shape index (κ3) is 2.96. The number of fused-ring (bicyclic) bond motifs is 1. The van der Waals surface area contributed by atoms with E-state index >= 15 is 0 Å². The van der Waals surface area contributed by atoms with E-state index in [-0.39, 0.29) is 5.56 Å². The molecule has 2 heterocycles. The summed E-state index contributed by atoms with van der Waals surface area (Å²) in [5, 5.41) is 8.61. The number of aryl methyl sites for hydroxylation is 1. The van der Waals surface area contributed by atoms with Gasteiger partial charge in [-0.25, -0.2) is 4.68 Å². The number of nitrogens with zero attached hydrogens (tertiary/aromatic N) is 5. The van der Waals surface area contributed by atoms with E-state index in [4.69, 9.17) is 0 Å². The van der Waals surface area contributed by atoms with Crippen LogP contribution in [-0.4, -0.2) is 20.1 Å². The Bertz CT molecular complexity index is 1270. The highest BCUT2D eigenvalue weighted by Gasteiger charge is 2.13. The number of thiazole rings is 1. The van der Waals surface area contributed by atoms with Crippen molar-refractivity contribution in [2.75, 3.05) is 0 Å². The summed E-state index contributed by atoms with van der Waals surface area (Å²) in [6.45, 7) is 1.81. The molecule has 2 aromatic carbocycles. The zero-order chi connectivity index (χ0) is 19.0. The first-order chi connectivity index (χ1) is 13.1. The van der Waals surface area contributed by atoms with Gasteiger partial charge < -0.3 is 4.57 Å². The molecule has 0 fully saturated rings. The van der Waals surface area contributed by atoms with Crippen LogP contribution in [0.2, 0.25) is 0 Å². The molecule has 0 unspecified atom stereocenters. The van der Waals surface area contributed by atoms with E-state index in [1.54, 1.807) is 26.9 Å². The number of aromatic nitrogens is 3. The molecule has 0 saturated heterocycles. The summed E-state index contributed by atoms with van der Waals surface area (Å²) in [5.74, 6) is 0. The van der Waals surface area contributed by atoms with Gasteiger partial charge in [-0.05, 0) is 31.2 Å². The number of para-hydroxylation sites is 2. The van der Waals surface area contributed by atoms with Gasteiger partial charge in [0.2, 0.25) is 4.80 Å². The van der Waals surface area contributed by atoms with Crippen LogP contribution in [0, 0.1) is 6.92 Å². The van der Waals surface area contributed by atoms with Crippen LogP contribution in [0.3, 0.4) is 0 Å². The lowest BCUT2D eigenvalue weighted by atomic mass is 10.3. The Morgan fingerprint density at radius 1 is 1.00 bits per heavy atom. The van der Waals surface area contributed by atoms with E-state index in [1.807, 2.05) is 68.1 Å². The first-order valence-electron chi connectivity index (χ1n) is 8.53. The Balaban J connectivity index is 1.77. The molecule has 0 saturated carbocycles. The van der Waals surface area contributed by atoms with E-state index in [9.17, 15) is 4.79 Å². The maximum atomic E-state index is 12.7. The molecule has 0 N–H and O–H groups in total. The van der Waals surface area contributed by atoms with E-state index in [0.717, 1.165) is 26.4 Å². The quantitative estimate of drug-likeness (QED) is 0.400. The zero-order valence-corrected chi connectivity index (χ0v) is 16.1. The highest BCUT2D eigenvalue weighted by molar-refractivity contribution is 7.16. The highest BCUT2D eigenvalue weighted by Crippen LogP contribution is 2.15. The van der Waals surface area contributed by atoms with Gasteiger partial charge in [0.05, 0.1) is 27.8 Å². The van der Waals surface area contributed by atoms with E-state index in [1.165, 1.54) is 0 Å². The van der Waals surface area contributed by atoms with Crippen molar-refractivity contribution in [2.45, 2.75) is 6.92 Å². The topological polar surface area (TPSA) is 56.6 Å². The average molecular weight is 377 g/mol. The summed E-state index contributed by atoms with van der Waals surface area (Å²) in [5.41, 5.74) is 3.26. The summed E-state index contributed by atoms with van der Waals surface area (Å²) in [4.78, 5) is 13.5. The van der Waals surface area contributed by atoms with E-state index in [0.29, 0.717) is 5.56 Å². The molecule has 0 atom stereocenters. The fraction of sp³-hybridized carbons (Fsp3) is 0.150. The number of hydrogen-bond acceptors (Lipinski definition) is 4. The lowest BCUT2D eigenvalue weighted by Gasteiger charge is -2.07. The van der Waals surface area contributed by atoms with Crippen molar-refractivity contribution in [3.8, 4) is 5.69 Å². The van der Waals surface area contributed by atoms with E-state index < -0.39 is 0 Å². The monoisotopic (exact) mass is 377 g/mol. The first kappa shape index (κ1) is 17.2. The predicted octanol–water partition coefficient (Wildman–Crippen LogP) is 2.97. The molecule has 27 heavy (non-hydrogen) atoms. The van der Waals surface area contributed by atoms with Crippen molar-refractivity contribution in [3.05, 3.63) is 81.0 Å². The molecule has 4 rings (SSSR count). The maximum absolute atomic E-state index is 12.7. The minimum atomic E-state index is -0.0578. The van der Waals surface area contributed by atoms with Crippen LogP contribution in [0.4, 0.5) is 0 Å². The summed E-state index contributed by atoms with van der Waals surface area (Å²) < 4.78 is 6.61. The lowest BCUT2D eigenvalue weighted by Crippen LogP contribution is -2.20. The summed E-state index contributed by atoms with van der Waals surface area (Å²) in [7, 11) is 3.82. The second-order valence-corrected chi connectivity index (χ2v) is 7.25. The minimum Gasteiger partial charge on any atom is -0.318 e. The fourth-order valence-electron chi connectivity index (χ4n) is 3.11. The molecular weight excluding hydrogens is 358 g/mol. The van der Waals surface area contributed by atoms with Gasteiger partial charge >= 0.3 is 0 Å². The Labute approximate surface area is 159 Å². The first-order valence-corrected chi connectivity index (χ1v) is 9.35. The molecule has 6 nitrogen and oxygen atoms in total. The molecule has 0 amide bonds. The van der Waals surface area contributed by atoms with Crippen molar-refractivity contribution < 1.29 is 0 Å². The van der Waals surface area contributed by atoms with Crippen LogP contribution in [0.5, 0.6) is 0 Å². The molecule has 0 spiro atoms.